The van der Waals surface area contributed by atoms with E-state index in [1.165, 1.54) is 0 Å². The predicted molar refractivity (Wildman–Crippen MR) is 112 cm³/mol. The molecule has 6 nitrogen and oxygen atoms in total. The highest BCUT2D eigenvalue weighted by atomic mass is 16.2. The number of hydrogen-bond donors (Lipinski definition) is 2. The van der Waals surface area contributed by atoms with Gasteiger partial charge in [0.15, 0.2) is 0 Å². The molecule has 4 amide bonds. The van der Waals surface area contributed by atoms with E-state index in [1.807, 2.05) is 38.1 Å². The second kappa shape index (κ2) is 7.81. The van der Waals surface area contributed by atoms with Crippen LogP contribution in [-0.4, -0.2) is 34.8 Å². The number of carbonyl (C=O) groups excluding carboxylic acids is 3. The van der Waals surface area contributed by atoms with Crippen LogP contribution in [0.1, 0.15) is 70.5 Å². The molecule has 1 saturated heterocycles. The van der Waals surface area contributed by atoms with E-state index in [0.29, 0.717) is 18.8 Å². The number of hydrogen-bond acceptors (Lipinski definition) is 3. The van der Waals surface area contributed by atoms with Gasteiger partial charge in [-0.3, -0.25) is 14.5 Å². The quantitative estimate of drug-likeness (QED) is 0.758. The summed E-state index contributed by atoms with van der Waals surface area (Å²) in [6.45, 7) is 10.3. The third kappa shape index (κ3) is 4.46. The van der Waals surface area contributed by atoms with Crippen molar-refractivity contribution in [3.63, 3.8) is 0 Å². The zero-order chi connectivity index (χ0) is 21.4. The molecule has 0 bridgehead atoms. The van der Waals surface area contributed by atoms with Crippen LogP contribution in [0.2, 0.25) is 0 Å². The molecular weight excluding hydrogens is 366 g/mol. The molecule has 1 aromatic rings. The first-order valence-corrected chi connectivity index (χ1v) is 10.5. The van der Waals surface area contributed by atoms with Crippen molar-refractivity contribution in [3.8, 4) is 0 Å². The Labute approximate surface area is 173 Å². The van der Waals surface area contributed by atoms with Crippen molar-refractivity contribution in [2.75, 3.05) is 6.54 Å². The molecule has 1 heterocycles. The standard InChI is InChI=1S/C23H33N3O3/c1-15-6-8-17(9-7-15)16(2)24-19(27)14-26-20(28)23(25-21(26)29)12-10-18(11-13-23)22(3,4)5/h6-9,16,18H,10-14H2,1-5H3,(H,24,27)(H,25,29). The molecule has 2 fully saturated rings. The van der Waals surface area contributed by atoms with Crippen molar-refractivity contribution >= 4 is 17.8 Å². The second-order valence-corrected chi connectivity index (χ2v) is 9.74. The summed E-state index contributed by atoms with van der Waals surface area (Å²) in [4.78, 5) is 39.1. The summed E-state index contributed by atoms with van der Waals surface area (Å²) in [5.41, 5.74) is 1.50. The second-order valence-electron chi connectivity index (χ2n) is 9.74. The Hall–Kier alpha value is -2.37. The van der Waals surface area contributed by atoms with Crippen LogP contribution in [0.15, 0.2) is 24.3 Å². The lowest BCUT2D eigenvalue weighted by molar-refractivity contribution is -0.136. The summed E-state index contributed by atoms with van der Waals surface area (Å²) in [5.74, 6) is -0.0551. The third-order valence-electron chi connectivity index (χ3n) is 6.57. The van der Waals surface area contributed by atoms with Gasteiger partial charge in [0.25, 0.3) is 5.91 Å². The molecule has 3 rings (SSSR count). The smallest absolute Gasteiger partial charge is 0.325 e. The molecule has 29 heavy (non-hydrogen) atoms. The fraction of sp³-hybridized carbons (Fsp3) is 0.609. The van der Waals surface area contributed by atoms with Crippen molar-refractivity contribution < 1.29 is 14.4 Å². The summed E-state index contributed by atoms with van der Waals surface area (Å²) in [7, 11) is 0. The van der Waals surface area contributed by atoms with Crippen LogP contribution >= 0.6 is 0 Å². The Morgan fingerprint density at radius 2 is 1.79 bits per heavy atom. The minimum absolute atomic E-state index is 0.193. The topological polar surface area (TPSA) is 78.5 Å². The molecule has 158 valence electrons. The molecule has 2 aliphatic rings. The van der Waals surface area contributed by atoms with Crippen LogP contribution in [-0.2, 0) is 9.59 Å². The molecule has 1 aromatic carbocycles. The molecule has 2 N–H and O–H groups in total. The number of urea groups is 1. The lowest BCUT2D eigenvalue weighted by Gasteiger charge is -2.40. The van der Waals surface area contributed by atoms with E-state index in [9.17, 15) is 14.4 Å². The van der Waals surface area contributed by atoms with Crippen LogP contribution in [0, 0.1) is 18.3 Å². The van der Waals surface area contributed by atoms with Gasteiger partial charge in [0.2, 0.25) is 5.91 Å². The maximum absolute atomic E-state index is 13.0. The van der Waals surface area contributed by atoms with Gasteiger partial charge in [-0.2, -0.15) is 0 Å². The number of aryl methyl sites for hydroxylation is 1. The number of benzene rings is 1. The van der Waals surface area contributed by atoms with E-state index in [4.69, 9.17) is 0 Å². The lowest BCUT2D eigenvalue weighted by atomic mass is 9.67. The van der Waals surface area contributed by atoms with Crippen molar-refractivity contribution in [2.24, 2.45) is 11.3 Å². The van der Waals surface area contributed by atoms with Crippen LogP contribution < -0.4 is 10.6 Å². The van der Waals surface area contributed by atoms with E-state index in [-0.39, 0.29) is 29.8 Å². The van der Waals surface area contributed by atoms with E-state index in [0.717, 1.165) is 28.9 Å². The first-order valence-electron chi connectivity index (χ1n) is 10.5. The normalized spacial score (nSPS) is 25.8. The highest BCUT2D eigenvalue weighted by molar-refractivity contribution is 6.09. The molecule has 0 aromatic heterocycles. The Balaban J connectivity index is 1.60. The molecule has 1 aliphatic heterocycles. The van der Waals surface area contributed by atoms with Gasteiger partial charge in [-0.1, -0.05) is 50.6 Å². The minimum atomic E-state index is -0.832. The molecule has 1 aliphatic carbocycles. The molecule has 1 unspecified atom stereocenters. The van der Waals surface area contributed by atoms with Crippen LogP contribution in [0.3, 0.4) is 0 Å². The number of nitrogens with zero attached hydrogens (tertiary/aromatic N) is 1. The SMILES string of the molecule is Cc1ccc(C(C)NC(=O)CN2C(=O)NC3(CCC(C(C)(C)C)CC3)C2=O)cc1. The Morgan fingerprint density at radius 1 is 1.21 bits per heavy atom. The summed E-state index contributed by atoms with van der Waals surface area (Å²) in [5, 5.41) is 5.78. The number of nitrogens with one attached hydrogen (secondary N) is 2. The van der Waals surface area contributed by atoms with Crippen molar-refractivity contribution in [1.29, 1.82) is 0 Å². The monoisotopic (exact) mass is 399 g/mol. The summed E-state index contributed by atoms with van der Waals surface area (Å²) in [6, 6.07) is 7.27. The van der Waals surface area contributed by atoms with E-state index in [1.54, 1.807) is 0 Å². The number of imide groups is 1. The van der Waals surface area contributed by atoms with Gasteiger partial charge < -0.3 is 10.6 Å². The van der Waals surface area contributed by atoms with Gasteiger partial charge in [0.1, 0.15) is 12.1 Å². The van der Waals surface area contributed by atoms with Crippen LogP contribution in [0.5, 0.6) is 0 Å². The molecule has 1 atom stereocenters. The molecule has 1 saturated carbocycles. The molecule has 1 spiro atoms. The fourth-order valence-electron chi connectivity index (χ4n) is 4.50. The summed E-state index contributed by atoms with van der Waals surface area (Å²) >= 11 is 0. The van der Waals surface area contributed by atoms with Crippen molar-refractivity contribution in [2.45, 2.75) is 71.9 Å². The fourth-order valence-corrected chi connectivity index (χ4v) is 4.50. The number of carbonyl (C=O) groups is 3. The van der Waals surface area contributed by atoms with Crippen LogP contribution in [0.25, 0.3) is 0 Å². The predicted octanol–water partition coefficient (Wildman–Crippen LogP) is 3.70. The number of rotatable bonds is 4. The van der Waals surface area contributed by atoms with E-state index < -0.39 is 11.6 Å². The van der Waals surface area contributed by atoms with Crippen LogP contribution in [0.4, 0.5) is 4.79 Å². The van der Waals surface area contributed by atoms with Gasteiger partial charge in [0, 0.05) is 0 Å². The summed E-state index contributed by atoms with van der Waals surface area (Å²) < 4.78 is 0. The zero-order valence-electron chi connectivity index (χ0n) is 18.2. The first-order chi connectivity index (χ1) is 13.5. The Kier molecular flexibility index (Phi) is 5.74. The maximum atomic E-state index is 13.0. The minimum Gasteiger partial charge on any atom is -0.348 e. The number of amides is 4. The lowest BCUT2D eigenvalue weighted by Crippen LogP contribution is -2.51. The maximum Gasteiger partial charge on any atom is 0.325 e. The molecular formula is C23H33N3O3. The van der Waals surface area contributed by atoms with E-state index in [2.05, 4.69) is 31.4 Å². The van der Waals surface area contributed by atoms with Gasteiger partial charge in [-0.25, -0.2) is 4.79 Å². The zero-order valence-corrected chi connectivity index (χ0v) is 18.2. The van der Waals surface area contributed by atoms with Gasteiger partial charge in [0.05, 0.1) is 6.04 Å². The largest absolute Gasteiger partial charge is 0.348 e. The van der Waals surface area contributed by atoms with Crippen molar-refractivity contribution in [1.82, 2.24) is 15.5 Å². The molecule has 6 heteroatoms. The average molecular weight is 400 g/mol. The third-order valence-corrected chi connectivity index (χ3v) is 6.57. The highest BCUT2D eigenvalue weighted by Crippen LogP contribution is 2.43. The van der Waals surface area contributed by atoms with Gasteiger partial charge in [-0.05, 0) is 56.4 Å². The molecule has 0 radical (unpaired) electrons. The Bertz CT molecular complexity index is 787. The average Bonchev–Trinajstić information content (AvgIpc) is 2.86. The van der Waals surface area contributed by atoms with Gasteiger partial charge >= 0.3 is 6.03 Å². The van der Waals surface area contributed by atoms with Crippen molar-refractivity contribution in [3.05, 3.63) is 35.4 Å². The highest BCUT2D eigenvalue weighted by Gasteiger charge is 2.53. The first kappa shape index (κ1) is 21.3. The van der Waals surface area contributed by atoms with Gasteiger partial charge in [-0.15, -0.1) is 0 Å². The van der Waals surface area contributed by atoms with E-state index >= 15 is 0 Å². The summed E-state index contributed by atoms with van der Waals surface area (Å²) in [6.07, 6.45) is 3.08. The Morgan fingerprint density at radius 3 is 2.34 bits per heavy atom.